The summed E-state index contributed by atoms with van der Waals surface area (Å²) in [6.07, 6.45) is 0. The zero-order valence-corrected chi connectivity index (χ0v) is 15.1. The lowest BCUT2D eigenvalue weighted by molar-refractivity contribution is 0.415. The quantitative estimate of drug-likeness (QED) is 0.371. The van der Waals surface area contributed by atoms with Crippen molar-refractivity contribution in [3.05, 3.63) is 78.4 Å². The van der Waals surface area contributed by atoms with Crippen molar-refractivity contribution in [3.8, 4) is 34.5 Å². The minimum Gasteiger partial charge on any atom is -0.496 e. The first-order valence-electron chi connectivity index (χ1n) is 8.86. The Labute approximate surface area is 161 Å². The molecular formula is C24H15NO3. The Morgan fingerprint density at radius 2 is 1.54 bits per heavy atom. The molecule has 134 valence electrons. The van der Waals surface area contributed by atoms with Crippen LogP contribution in [0.15, 0.2) is 81.6 Å². The molecule has 5 rings (SSSR count). The minimum atomic E-state index is 0.619. The summed E-state index contributed by atoms with van der Waals surface area (Å²) < 4.78 is 17.7. The Morgan fingerprint density at radius 1 is 0.786 bits per heavy atom. The monoisotopic (exact) mass is 365 g/mol. The number of hydrogen-bond donors (Lipinski definition) is 0. The van der Waals surface area contributed by atoms with E-state index >= 15 is 0 Å². The molecular weight excluding hydrogens is 350 g/mol. The number of para-hydroxylation sites is 1. The summed E-state index contributed by atoms with van der Waals surface area (Å²) in [7, 11) is 1.65. The second kappa shape index (κ2) is 6.33. The Hall–Kier alpha value is -3.97. The van der Waals surface area contributed by atoms with Crippen LogP contribution in [0.4, 0.5) is 0 Å². The number of furan rings is 2. The van der Waals surface area contributed by atoms with E-state index in [1.807, 2.05) is 60.7 Å². The Morgan fingerprint density at radius 3 is 2.29 bits per heavy atom. The lowest BCUT2D eigenvalue weighted by Crippen LogP contribution is -1.86. The molecule has 0 saturated heterocycles. The van der Waals surface area contributed by atoms with E-state index in [9.17, 15) is 0 Å². The van der Waals surface area contributed by atoms with Gasteiger partial charge in [0.2, 0.25) is 0 Å². The van der Waals surface area contributed by atoms with E-state index in [-0.39, 0.29) is 0 Å². The van der Waals surface area contributed by atoms with Crippen LogP contribution in [0.25, 0.3) is 44.6 Å². The highest BCUT2D eigenvalue weighted by molar-refractivity contribution is 5.91. The minimum absolute atomic E-state index is 0.619. The molecule has 0 spiro atoms. The molecule has 0 aliphatic carbocycles. The molecule has 0 radical (unpaired) electrons. The maximum absolute atomic E-state index is 8.97. The molecule has 3 aromatic carbocycles. The van der Waals surface area contributed by atoms with Gasteiger partial charge in [-0.05, 0) is 54.6 Å². The van der Waals surface area contributed by atoms with Crippen LogP contribution in [0.2, 0.25) is 0 Å². The smallest absolute Gasteiger partial charge is 0.139 e. The van der Waals surface area contributed by atoms with Gasteiger partial charge in [-0.15, -0.1) is 0 Å². The molecule has 4 nitrogen and oxygen atoms in total. The predicted molar refractivity (Wildman–Crippen MR) is 108 cm³/mol. The van der Waals surface area contributed by atoms with E-state index < -0.39 is 0 Å². The second-order valence-corrected chi connectivity index (χ2v) is 6.54. The SMILES string of the molecule is COc1cc2cc(-c3ccc(C#N)cc3)oc2cc1-c1cc2ccccc2o1. The summed E-state index contributed by atoms with van der Waals surface area (Å²) in [5.41, 5.74) is 3.95. The van der Waals surface area contributed by atoms with E-state index in [1.165, 1.54) is 0 Å². The fourth-order valence-electron chi connectivity index (χ4n) is 3.39. The third-order valence-corrected chi connectivity index (χ3v) is 4.83. The van der Waals surface area contributed by atoms with Crippen LogP contribution in [-0.4, -0.2) is 7.11 Å². The van der Waals surface area contributed by atoms with Crippen LogP contribution in [0.1, 0.15) is 5.56 Å². The predicted octanol–water partition coefficient (Wildman–Crippen LogP) is 6.39. The van der Waals surface area contributed by atoms with Gasteiger partial charge in [-0.25, -0.2) is 0 Å². The summed E-state index contributed by atoms with van der Waals surface area (Å²) in [6.45, 7) is 0. The first-order valence-corrected chi connectivity index (χ1v) is 8.86. The Bertz CT molecular complexity index is 1320. The molecule has 0 saturated carbocycles. The van der Waals surface area contributed by atoms with Crippen molar-refractivity contribution in [2.75, 3.05) is 7.11 Å². The van der Waals surface area contributed by atoms with Gasteiger partial charge in [0, 0.05) is 16.3 Å². The van der Waals surface area contributed by atoms with Gasteiger partial charge >= 0.3 is 0 Å². The highest BCUT2D eigenvalue weighted by atomic mass is 16.5. The van der Waals surface area contributed by atoms with Crippen molar-refractivity contribution in [1.29, 1.82) is 5.26 Å². The molecule has 0 N–H and O–H groups in total. The topological polar surface area (TPSA) is 59.3 Å². The molecule has 5 aromatic rings. The average molecular weight is 365 g/mol. The Kier molecular flexibility index (Phi) is 3.67. The van der Waals surface area contributed by atoms with Crippen LogP contribution >= 0.6 is 0 Å². The van der Waals surface area contributed by atoms with Gasteiger partial charge in [-0.1, -0.05) is 18.2 Å². The fraction of sp³-hybridized carbons (Fsp3) is 0.0417. The molecule has 0 bridgehead atoms. The van der Waals surface area contributed by atoms with Crippen molar-refractivity contribution in [3.63, 3.8) is 0 Å². The highest BCUT2D eigenvalue weighted by Gasteiger charge is 2.16. The average Bonchev–Trinajstić information content (AvgIpc) is 3.36. The van der Waals surface area contributed by atoms with Crippen molar-refractivity contribution >= 4 is 21.9 Å². The molecule has 0 aliphatic heterocycles. The standard InChI is InChI=1S/C24H15NO3/c1-26-23-12-18-11-21(16-8-6-15(14-25)7-9-16)28-22(18)13-19(23)24-10-17-4-2-3-5-20(17)27-24/h2-13H,1H3. The van der Waals surface area contributed by atoms with Gasteiger partial charge in [0.25, 0.3) is 0 Å². The zero-order chi connectivity index (χ0) is 19.1. The van der Waals surface area contributed by atoms with Crippen molar-refractivity contribution in [1.82, 2.24) is 0 Å². The maximum Gasteiger partial charge on any atom is 0.139 e. The lowest BCUT2D eigenvalue weighted by Gasteiger charge is -2.05. The first-order chi connectivity index (χ1) is 13.7. The zero-order valence-electron chi connectivity index (χ0n) is 15.1. The van der Waals surface area contributed by atoms with Gasteiger partial charge in [-0.3, -0.25) is 0 Å². The summed E-state index contributed by atoms with van der Waals surface area (Å²) in [5.74, 6) is 2.19. The van der Waals surface area contributed by atoms with Gasteiger partial charge in [0.1, 0.15) is 28.4 Å². The van der Waals surface area contributed by atoms with Crippen molar-refractivity contribution < 1.29 is 13.6 Å². The molecule has 0 amide bonds. The third kappa shape index (κ3) is 2.62. The van der Waals surface area contributed by atoms with Gasteiger partial charge < -0.3 is 13.6 Å². The number of ether oxygens (including phenoxy) is 1. The maximum atomic E-state index is 8.97. The van der Waals surface area contributed by atoms with Gasteiger partial charge in [0.15, 0.2) is 0 Å². The van der Waals surface area contributed by atoms with E-state index in [0.29, 0.717) is 5.56 Å². The summed E-state index contributed by atoms with van der Waals surface area (Å²) >= 11 is 0. The molecule has 0 fully saturated rings. The van der Waals surface area contributed by atoms with Crippen molar-refractivity contribution in [2.45, 2.75) is 0 Å². The summed E-state index contributed by atoms with van der Waals surface area (Å²) in [6, 6.07) is 25.2. The summed E-state index contributed by atoms with van der Waals surface area (Å²) in [5, 5.41) is 10.9. The lowest BCUT2D eigenvalue weighted by atomic mass is 10.1. The van der Waals surface area contributed by atoms with E-state index in [2.05, 4.69) is 6.07 Å². The fourth-order valence-corrected chi connectivity index (χ4v) is 3.39. The van der Waals surface area contributed by atoms with Crippen LogP contribution in [0, 0.1) is 11.3 Å². The normalized spacial score (nSPS) is 11.0. The number of nitriles is 1. The number of nitrogens with zero attached hydrogens (tertiary/aromatic N) is 1. The number of rotatable bonds is 3. The molecule has 28 heavy (non-hydrogen) atoms. The van der Waals surface area contributed by atoms with Crippen LogP contribution < -0.4 is 4.74 Å². The second-order valence-electron chi connectivity index (χ2n) is 6.54. The first kappa shape index (κ1) is 16.2. The van der Waals surface area contributed by atoms with Crippen LogP contribution in [-0.2, 0) is 0 Å². The third-order valence-electron chi connectivity index (χ3n) is 4.83. The largest absolute Gasteiger partial charge is 0.496 e. The molecule has 4 heteroatoms. The Balaban J connectivity index is 1.64. The van der Waals surface area contributed by atoms with Crippen LogP contribution in [0.3, 0.4) is 0 Å². The molecule has 0 aliphatic rings. The number of fused-ring (bicyclic) bond motifs is 2. The molecule has 0 atom stereocenters. The number of methoxy groups -OCH3 is 1. The molecule has 2 aromatic heterocycles. The van der Waals surface area contributed by atoms with E-state index in [4.69, 9.17) is 18.8 Å². The van der Waals surface area contributed by atoms with Crippen LogP contribution in [0.5, 0.6) is 5.75 Å². The van der Waals surface area contributed by atoms with Gasteiger partial charge in [0.05, 0.1) is 24.3 Å². The number of benzene rings is 3. The van der Waals surface area contributed by atoms with E-state index in [1.54, 1.807) is 19.2 Å². The highest BCUT2D eigenvalue weighted by Crippen LogP contribution is 2.39. The molecule has 2 heterocycles. The molecule has 0 unspecified atom stereocenters. The van der Waals surface area contributed by atoms with Crippen molar-refractivity contribution in [2.24, 2.45) is 0 Å². The summed E-state index contributed by atoms with van der Waals surface area (Å²) in [4.78, 5) is 0. The van der Waals surface area contributed by atoms with Gasteiger partial charge in [-0.2, -0.15) is 5.26 Å². The van der Waals surface area contributed by atoms with E-state index in [0.717, 1.165) is 50.3 Å². The number of hydrogen-bond acceptors (Lipinski definition) is 4.